The quantitative estimate of drug-likeness (QED) is 0.233. The lowest BCUT2D eigenvalue weighted by atomic mass is 9.94. The molecule has 5 N–H and O–H groups in total. The summed E-state index contributed by atoms with van der Waals surface area (Å²) in [5.41, 5.74) is 7.19. The number of nitrogens with two attached hydrogens (primary N) is 1. The van der Waals surface area contributed by atoms with Crippen LogP contribution in [0.15, 0.2) is 0 Å². The molecular formula is C5H12N4O. The monoisotopic (exact) mass is 144 g/mol. The largest absolute Gasteiger partial charge is 0.343 e. The van der Waals surface area contributed by atoms with E-state index in [1.807, 2.05) is 5.43 Å². The number of carbonyl (C=O) groups is 1. The summed E-state index contributed by atoms with van der Waals surface area (Å²) in [4.78, 5) is 10.4. The van der Waals surface area contributed by atoms with E-state index in [0.717, 1.165) is 12.8 Å². The Balaban J connectivity index is 1.98. The van der Waals surface area contributed by atoms with Crippen LogP contribution in [0.25, 0.3) is 0 Å². The van der Waals surface area contributed by atoms with E-state index in [0.29, 0.717) is 6.04 Å². The van der Waals surface area contributed by atoms with Crippen LogP contribution >= 0.6 is 0 Å². The van der Waals surface area contributed by atoms with Crippen LogP contribution < -0.4 is 22.1 Å². The van der Waals surface area contributed by atoms with E-state index in [-0.39, 0.29) is 0 Å². The fourth-order valence-corrected chi connectivity index (χ4v) is 0.756. The number of hydrazine groups is 2. The molecule has 0 aromatic rings. The predicted octanol–water partition coefficient (Wildman–Crippen LogP) is -0.784. The summed E-state index contributed by atoms with van der Waals surface area (Å²) in [6.07, 6.45) is 3.50. The molecule has 0 heterocycles. The van der Waals surface area contributed by atoms with Crippen molar-refractivity contribution in [3.63, 3.8) is 0 Å². The van der Waals surface area contributed by atoms with E-state index in [4.69, 9.17) is 5.84 Å². The Hall–Kier alpha value is -0.810. The molecule has 1 rings (SSSR count). The molecule has 10 heavy (non-hydrogen) atoms. The normalized spacial score (nSPS) is 17.7. The molecule has 1 aliphatic carbocycles. The predicted molar refractivity (Wildman–Crippen MR) is 36.6 cm³/mol. The van der Waals surface area contributed by atoms with Crippen molar-refractivity contribution in [1.29, 1.82) is 0 Å². The van der Waals surface area contributed by atoms with Gasteiger partial charge in [-0.1, -0.05) is 6.42 Å². The minimum Gasteiger partial charge on any atom is -0.275 e. The maximum atomic E-state index is 10.4. The summed E-state index contributed by atoms with van der Waals surface area (Å²) >= 11 is 0. The van der Waals surface area contributed by atoms with Crippen LogP contribution in [-0.4, -0.2) is 12.1 Å². The molecule has 0 spiro atoms. The maximum Gasteiger partial charge on any atom is 0.343 e. The third-order valence-corrected chi connectivity index (χ3v) is 1.63. The number of nitrogens with one attached hydrogen (secondary N) is 3. The van der Waals surface area contributed by atoms with Crippen LogP contribution in [0.3, 0.4) is 0 Å². The Morgan fingerprint density at radius 3 is 2.60 bits per heavy atom. The third kappa shape index (κ3) is 1.85. The van der Waals surface area contributed by atoms with Gasteiger partial charge in [-0.15, -0.1) is 0 Å². The summed E-state index contributed by atoms with van der Waals surface area (Å²) in [5.74, 6) is 4.82. The van der Waals surface area contributed by atoms with Crippen LogP contribution in [0, 0.1) is 0 Å². The zero-order chi connectivity index (χ0) is 7.40. The number of amides is 2. The van der Waals surface area contributed by atoms with Crippen molar-refractivity contribution >= 4 is 6.03 Å². The fourth-order valence-electron chi connectivity index (χ4n) is 0.756. The number of hydrogen-bond donors (Lipinski definition) is 4. The molecular weight excluding hydrogens is 132 g/mol. The highest BCUT2D eigenvalue weighted by Gasteiger charge is 2.16. The fraction of sp³-hybridized carbons (Fsp3) is 0.800. The van der Waals surface area contributed by atoms with Gasteiger partial charge in [0, 0.05) is 6.04 Å². The molecule has 58 valence electrons. The van der Waals surface area contributed by atoms with Gasteiger partial charge in [-0.3, -0.25) is 10.9 Å². The van der Waals surface area contributed by atoms with Crippen LogP contribution in [0.4, 0.5) is 4.79 Å². The molecule has 2 amide bonds. The van der Waals surface area contributed by atoms with E-state index in [1.54, 1.807) is 0 Å². The first-order valence-corrected chi connectivity index (χ1v) is 3.35. The minimum atomic E-state index is -0.396. The second-order valence-corrected chi connectivity index (χ2v) is 2.37. The van der Waals surface area contributed by atoms with E-state index >= 15 is 0 Å². The van der Waals surface area contributed by atoms with Gasteiger partial charge in [-0.05, 0) is 12.8 Å². The minimum absolute atomic E-state index is 0.396. The van der Waals surface area contributed by atoms with Crippen molar-refractivity contribution in [3.8, 4) is 0 Å². The van der Waals surface area contributed by atoms with Crippen LogP contribution in [-0.2, 0) is 0 Å². The van der Waals surface area contributed by atoms with E-state index < -0.39 is 6.03 Å². The Bertz CT molecular complexity index is 123. The topological polar surface area (TPSA) is 79.2 Å². The number of hydrogen-bond acceptors (Lipinski definition) is 3. The second kappa shape index (κ2) is 3.38. The van der Waals surface area contributed by atoms with E-state index in [9.17, 15) is 4.79 Å². The highest BCUT2D eigenvalue weighted by Crippen LogP contribution is 2.16. The van der Waals surface area contributed by atoms with Crippen molar-refractivity contribution in [2.75, 3.05) is 0 Å². The van der Waals surface area contributed by atoms with Crippen molar-refractivity contribution in [3.05, 3.63) is 0 Å². The zero-order valence-electron chi connectivity index (χ0n) is 5.68. The van der Waals surface area contributed by atoms with E-state index in [2.05, 4.69) is 10.9 Å². The van der Waals surface area contributed by atoms with Gasteiger partial charge in [-0.25, -0.2) is 16.1 Å². The van der Waals surface area contributed by atoms with Crippen LogP contribution in [0.2, 0.25) is 0 Å². The van der Waals surface area contributed by atoms with Crippen molar-refractivity contribution in [1.82, 2.24) is 16.3 Å². The number of carbonyl (C=O) groups excluding carboxylic acids is 1. The van der Waals surface area contributed by atoms with Gasteiger partial charge in [0.05, 0.1) is 0 Å². The van der Waals surface area contributed by atoms with Gasteiger partial charge >= 0.3 is 6.03 Å². The van der Waals surface area contributed by atoms with Gasteiger partial charge in [0.25, 0.3) is 0 Å². The molecule has 0 atom stereocenters. The van der Waals surface area contributed by atoms with Crippen LogP contribution in [0.1, 0.15) is 19.3 Å². The molecule has 0 saturated heterocycles. The third-order valence-electron chi connectivity index (χ3n) is 1.63. The van der Waals surface area contributed by atoms with Crippen molar-refractivity contribution in [2.24, 2.45) is 5.84 Å². The second-order valence-electron chi connectivity index (χ2n) is 2.37. The highest BCUT2D eigenvalue weighted by atomic mass is 16.2. The van der Waals surface area contributed by atoms with Crippen LogP contribution in [0.5, 0.6) is 0 Å². The molecule has 0 radical (unpaired) electrons. The standard InChI is InChI=1S/C5H12N4O/c6-7-5(10)9-8-4-2-1-3-4/h4,8H,1-3,6H2,(H2,7,9,10). The lowest BCUT2D eigenvalue weighted by Crippen LogP contribution is -2.52. The Labute approximate surface area is 59.3 Å². The Kier molecular flexibility index (Phi) is 2.47. The average Bonchev–Trinajstić information content (AvgIpc) is 1.84. The maximum absolute atomic E-state index is 10.4. The van der Waals surface area contributed by atoms with Gasteiger partial charge < -0.3 is 0 Å². The average molecular weight is 144 g/mol. The van der Waals surface area contributed by atoms with Gasteiger partial charge in [0.1, 0.15) is 0 Å². The molecule has 5 nitrogen and oxygen atoms in total. The highest BCUT2D eigenvalue weighted by molar-refractivity contribution is 5.72. The first kappa shape index (κ1) is 7.30. The molecule has 0 aliphatic heterocycles. The summed E-state index contributed by atoms with van der Waals surface area (Å²) in [6.45, 7) is 0. The summed E-state index contributed by atoms with van der Waals surface area (Å²) in [7, 11) is 0. The summed E-state index contributed by atoms with van der Waals surface area (Å²) < 4.78 is 0. The van der Waals surface area contributed by atoms with Crippen molar-refractivity contribution in [2.45, 2.75) is 25.3 Å². The summed E-state index contributed by atoms with van der Waals surface area (Å²) in [6, 6.07) is 0.0456. The number of urea groups is 1. The molecule has 0 aromatic heterocycles. The van der Waals surface area contributed by atoms with Crippen molar-refractivity contribution < 1.29 is 4.79 Å². The molecule has 0 aromatic carbocycles. The lowest BCUT2D eigenvalue weighted by Gasteiger charge is -2.26. The van der Waals surface area contributed by atoms with E-state index in [1.165, 1.54) is 6.42 Å². The summed E-state index contributed by atoms with van der Waals surface area (Å²) in [5, 5.41) is 0. The number of rotatable bonds is 2. The SMILES string of the molecule is NNC(=O)NNC1CCC1. The Morgan fingerprint density at radius 2 is 2.20 bits per heavy atom. The molecule has 1 aliphatic rings. The molecule has 5 heteroatoms. The molecule has 0 bridgehead atoms. The first-order valence-electron chi connectivity index (χ1n) is 3.35. The molecule has 1 saturated carbocycles. The van der Waals surface area contributed by atoms with Gasteiger partial charge in [-0.2, -0.15) is 0 Å². The molecule has 0 unspecified atom stereocenters. The van der Waals surface area contributed by atoms with Gasteiger partial charge in [0.15, 0.2) is 0 Å². The smallest absolute Gasteiger partial charge is 0.275 e. The first-order chi connectivity index (χ1) is 4.83. The zero-order valence-corrected chi connectivity index (χ0v) is 5.68. The molecule has 1 fully saturated rings. The Morgan fingerprint density at radius 1 is 1.50 bits per heavy atom. The lowest BCUT2D eigenvalue weighted by molar-refractivity contribution is 0.226. The van der Waals surface area contributed by atoms with Gasteiger partial charge in [0.2, 0.25) is 0 Å².